The van der Waals surface area contributed by atoms with Gasteiger partial charge in [-0.05, 0) is 0 Å². The zero-order valence-electron chi connectivity index (χ0n) is 7.10. The molecule has 0 saturated heterocycles. The van der Waals surface area contributed by atoms with Gasteiger partial charge in [0.15, 0.2) is 0 Å². The summed E-state index contributed by atoms with van der Waals surface area (Å²) in [6, 6.07) is 0. The van der Waals surface area contributed by atoms with Gasteiger partial charge in [-0.2, -0.15) is 0 Å². The van der Waals surface area contributed by atoms with Gasteiger partial charge in [0.25, 0.3) is 0 Å². The molecule has 0 spiro atoms. The van der Waals surface area contributed by atoms with Crippen LogP contribution in [0.5, 0.6) is 0 Å². The normalized spacial score (nSPS) is 12.6. The van der Waals surface area contributed by atoms with Crippen molar-refractivity contribution < 1.29 is 25.2 Å². The van der Waals surface area contributed by atoms with Crippen LogP contribution in [0.4, 0.5) is 0 Å². The fourth-order valence-corrected chi connectivity index (χ4v) is 6.34. The average molecular weight is 236 g/mol. The van der Waals surface area contributed by atoms with Crippen LogP contribution in [0.3, 0.4) is 0 Å². The third kappa shape index (κ3) is 2.17. The molecule has 0 atom stereocenters. The molecule has 5 heteroatoms. The second-order valence-corrected chi connectivity index (χ2v) is 9.59. The molecule has 0 aliphatic heterocycles. The van der Waals surface area contributed by atoms with Gasteiger partial charge in [0, 0.05) is 0 Å². The predicted molar refractivity (Wildman–Crippen MR) is 48.9 cm³/mol. The summed E-state index contributed by atoms with van der Waals surface area (Å²) in [6.45, 7) is 3.79. The van der Waals surface area contributed by atoms with E-state index in [4.69, 9.17) is 0 Å². The summed E-state index contributed by atoms with van der Waals surface area (Å²) in [6.07, 6.45) is 0. The molecular formula is C7H13NiO3S. The Bertz CT molecular complexity index is 213. The fraction of sp³-hybridized carbons (Fsp3) is 0.571. The molecule has 0 fully saturated rings. The monoisotopic (exact) mass is 235 g/mol. The molecule has 75 valence electrons. The molecule has 12 heavy (non-hydrogen) atoms. The molecule has 0 radical (unpaired) electrons. The summed E-state index contributed by atoms with van der Waals surface area (Å²) in [7, 11) is -2.72. The predicted octanol–water partition coefficient (Wildman–Crippen LogP) is 0.935. The molecule has 0 aliphatic rings. The van der Waals surface area contributed by atoms with E-state index in [-0.39, 0.29) is 8.92 Å². The van der Waals surface area contributed by atoms with Crippen LogP contribution in [-0.4, -0.2) is 27.3 Å². The molecule has 0 aromatic carbocycles. The zero-order chi connectivity index (χ0) is 9.61. The third-order valence-electron chi connectivity index (χ3n) is 1.26. The van der Waals surface area contributed by atoms with E-state index in [9.17, 15) is 14.4 Å². The van der Waals surface area contributed by atoms with E-state index in [2.05, 4.69) is 0 Å². The molecule has 0 rings (SSSR count). The van der Waals surface area contributed by atoms with E-state index in [1.165, 1.54) is 0 Å². The maximum atomic E-state index is 10.6. The Morgan fingerprint density at radius 1 is 1.00 bits per heavy atom. The van der Waals surface area contributed by atoms with Crippen molar-refractivity contribution in [2.24, 2.45) is 0 Å². The van der Waals surface area contributed by atoms with E-state index in [0.29, 0.717) is 15.8 Å². The third-order valence-corrected chi connectivity index (χ3v) is 9.59. The van der Waals surface area contributed by atoms with Gasteiger partial charge in [-0.3, -0.25) is 0 Å². The summed E-state index contributed by atoms with van der Waals surface area (Å²) in [5.74, 6) is 1.46. The van der Waals surface area contributed by atoms with Crippen LogP contribution >= 0.6 is 8.92 Å². The van der Waals surface area contributed by atoms with E-state index >= 15 is 0 Å². The molecule has 0 bridgehead atoms. The molecule has 0 N–H and O–H groups in total. The topological polar surface area (TPSA) is 51.2 Å². The number of carbonyl (C=O) groups excluding carboxylic acids is 3. The SMILES string of the molecule is CC[S](CC)=[Ni]([CH]=O)([CH]=O)[CH]=O. The molecule has 0 heterocycles. The Balaban J connectivity index is 5.41. The number of carbonyl (C=O) groups is 3. The Morgan fingerprint density at radius 2 is 1.33 bits per heavy atom. The molecular weight excluding hydrogens is 223 g/mol. The number of rotatable bonds is 5. The quantitative estimate of drug-likeness (QED) is 0.527. The van der Waals surface area contributed by atoms with Gasteiger partial charge in [0.05, 0.1) is 0 Å². The fourth-order valence-electron chi connectivity index (χ4n) is 0.702. The van der Waals surface area contributed by atoms with E-state index in [1.54, 1.807) is 0 Å². The minimum absolute atomic E-state index is 0.345. The standard InChI is InChI=1S/C4H10S.3CHO.Ni/c1-3-5-4-2;3*1-2;/h3-4H2,1-2H3;3*1H;. The Hall–Kier alpha value is -0.146. The van der Waals surface area contributed by atoms with Gasteiger partial charge in [-0.25, -0.2) is 0 Å². The van der Waals surface area contributed by atoms with Crippen LogP contribution in [0.2, 0.25) is 0 Å². The van der Waals surface area contributed by atoms with Crippen LogP contribution in [-0.2, 0) is 25.2 Å². The summed E-state index contributed by atoms with van der Waals surface area (Å²) in [5, 5.41) is 1.67. The van der Waals surface area contributed by atoms with Crippen molar-refractivity contribution in [1.82, 2.24) is 0 Å². The second kappa shape index (κ2) is 5.49. The van der Waals surface area contributed by atoms with Crippen LogP contribution < -0.4 is 0 Å². The number of hydrogen-bond acceptors (Lipinski definition) is 3. The zero-order valence-corrected chi connectivity index (χ0v) is 8.90. The van der Waals surface area contributed by atoms with E-state index in [0.717, 1.165) is 11.5 Å². The molecule has 0 aromatic heterocycles. The van der Waals surface area contributed by atoms with Gasteiger partial charge in [0.2, 0.25) is 0 Å². The summed E-state index contributed by atoms with van der Waals surface area (Å²) >= 11 is 0. The number of hydrogen-bond donors (Lipinski definition) is 0. The van der Waals surface area contributed by atoms with Crippen molar-refractivity contribution in [3.05, 3.63) is 0 Å². The van der Waals surface area contributed by atoms with Crippen LogP contribution in [0.1, 0.15) is 13.8 Å². The Labute approximate surface area is 75.5 Å². The average Bonchev–Trinajstić information content (AvgIpc) is 2.14. The van der Waals surface area contributed by atoms with Crippen LogP contribution in [0.25, 0.3) is 0 Å². The molecule has 0 aromatic rings. The van der Waals surface area contributed by atoms with Crippen molar-refractivity contribution in [3.8, 4) is 0 Å². The van der Waals surface area contributed by atoms with Crippen molar-refractivity contribution in [2.75, 3.05) is 11.5 Å². The van der Waals surface area contributed by atoms with Crippen molar-refractivity contribution in [3.63, 3.8) is 0 Å². The summed E-state index contributed by atoms with van der Waals surface area (Å²) in [4.78, 5) is 31.9. The van der Waals surface area contributed by atoms with Gasteiger partial charge < -0.3 is 0 Å². The molecule has 0 saturated carbocycles. The van der Waals surface area contributed by atoms with Gasteiger partial charge in [0.1, 0.15) is 0 Å². The first-order valence-electron chi connectivity index (χ1n) is 3.38. The van der Waals surface area contributed by atoms with Crippen LogP contribution in [0, 0.1) is 0 Å². The molecule has 0 aliphatic carbocycles. The van der Waals surface area contributed by atoms with Crippen molar-refractivity contribution in [1.29, 1.82) is 0 Å². The van der Waals surface area contributed by atoms with Gasteiger partial charge >= 0.3 is 75.2 Å². The Morgan fingerprint density at radius 3 is 1.42 bits per heavy atom. The van der Waals surface area contributed by atoms with Crippen molar-refractivity contribution in [2.45, 2.75) is 13.8 Å². The van der Waals surface area contributed by atoms with Crippen molar-refractivity contribution >= 4 is 24.7 Å². The molecule has 0 amide bonds. The second-order valence-electron chi connectivity index (χ2n) is 1.73. The first-order chi connectivity index (χ1) is 5.70. The van der Waals surface area contributed by atoms with Gasteiger partial charge in [-0.15, -0.1) is 0 Å². The van der Waals surface area contributed by atoms with Gasteiger partial charge in [-0.1, -0.05) is 0 Å². The van der Waals surface area contributed by atoms with E-state index in [1.807, 2.05) is 13.8 Å². The summed E-state index contributed by atoms with van der Waals surface area (Å²) < 4.78 is 0. The van der Waals surface area contributed by atoms with Crippen LogP contribution in [0.15, 0.2) is 0 Å². The van der Waals surface area contributed by atoms with E-state index < -0.39 is 10.8 Å². The summed E-state index contributed by atoms with van der Waals surface area (Å²) in [5.41, 5.74) is 0. The minimum atomic E-state index is -2.38. The first kappa shape index (κ1) is 11.9. The molecule has 0 unspecified atom stereocenters. The molecule has 3 nitrogen and oxygen atoms in total. The Kier molecular flexibility index (Phi) is 5.42. The maximum absolute atomic E-state index is 10.6. The first-order valence-corrected chi connectivity index (χ1v) is 7.71.